The Morgan fingerprint density at radius 3 is 2.46 bits per heavy atom. The second kappa shape index (κ2) is 7.89. The summed E-state index contributed by atoms with van der Waals surface area (Å²) in [5.74, 6) is -0.241. The van der Waals surface area contributed by atoms with Gasteiger partial charge in [0.25, 0.3) is 0 Å². The molecule has 1 amide bonds. The molecule has 0 aliphatic heterocycles. The van der Waals surface area contributed by atoms with Gasteiger partial charge in [0.2, 0.25) is 5.91 Å². The third kappa shape index (κ3) is 4.13. The molecule has 0 saturated heterocycles. The van der Waals surface area contributed by atoms with Crippen LogP contribution in [0.4, 0.5) is 0 Å². The Hall–Kier alpha value is -1.04. The number of aliphatic hydroxyl groups excluding tert-OH is 4. The molecule has 4 atom stereocenters. The molecule has 0 spiro atoms. The Balaban J connectivity index is 2.42. The van der Waals surface area contributed by atoms with Gasteiger partial charge in [0.15, 0.2) is 0 Å². The molecule has 3 unspecified atom stereocenters. The maximum absolute atomic E-state index is 11.4. The van der Waals surface area contributed by atoms with Crippen LogP contribution in [-0.4, -0.2) is 61.2 Å². The number of hydrogen-bond donors (Lipinski definition) is 6. The van der Waals surface area contributed by atoms with Gasteiger partial charge in [0, 0.05) is 15.9 Å². The van der Waals surface area contributed by atoms with Crippen LogP contribution >= 0.6 is 31.9 Å². The van der Waals surface area contributed by atoms with E-state index in [9.17, 15) is 20.1 Å². The molecule has 0 saturated carbocycles. The molecule has 2 rings (SSSR count). The Kier molecular flexibility index (Phi) is 6.34. The molecular formula is C14H17Br2N3O5. The molecule has 0 aliphatic carbocycles. The zero-order chi connectivity index (χ0) is 18.0. The Bertz CT molecular complexity index is 700. The minimum atomic E-state index is -1.67. The summed E-state index contributed by atoms with van der Waals surface area (Å²) in [5, 5.41) is 41.2. The van der Waals surface area contributed by atoms with Crippen molar-refractivity contribution >= 4 is 48.8 Å². The number of hydrogen-bond acceptors (Lipinski definition) is 6. The van der Waals surface area contributed by atoms with Crippen molar-refractivity contribution in [2.24, 2.45) is 0 Å². The molecular weight excluding hydrogens is 450 g/mol. The van der Waals surface area contributed by atoms with Gasteiger partial charge in [0.05, 0.1) is 17.6 Å². The average Bonchev–Trinajstić information content (AvgIpc) is 2.93. The van der Waals surface area contributed by atoms with E-state index in [0.717, 1.165) is 8.95 Å². The van der Waals surface area contributed by atoms with Crippen LogP contribution in [-0.2, 0) is 4.79 Å². The van der Waals surface area contributed by atoms with Crippen molar-refractivity contribution in [3.63, 3.8) is 0 Å². The number of nitrogens with one attached hydrogen (secondary N) is 2. The Labute approximate surface area is 154 Å². The lowest BCUT2D eigenvalue weighted by Crippen LogP contribution is -2.47. The average molecular weight is 467 g/mol. The molecule has 0 radical (unpaired) electrons. The van der Waals surface area contributed by atoms with Crippen molar-refractivity contribution < 1.29 is 25.2 Å². The van der Waals surface area contributed by atoms with Gasteiger partial charge in [0.1, 0.15) is 30.2 Å². The van der Waals surface area contributed by atoms with Gasteiger partial charge in [-0.25, -0.2) is 4.98 Å². The summed E-state index contributed by atoms with van der Waals surface area (Å²) >= 11 is 6.73. The summed E-state index contributed by atoms with van der Waals surface area (Å²) in [6, 6.07) is 2.42. The number of carbonyl (C=O) groups is 1. The van der Waals surface area contributed by atoms with Crippen LogP contribution in [0.2, 0.25) is 0 Å². The summed E-state index contributed by atoms with van der Waals surface area (Å²) in [4.78, 5) is 18.7. The van der Waals surface area contributed by atoms with Crippen LogP contribution in [0.1, 0.15) is 18.8 Å². The third-order valence-electron chi connectivity index (χ3n) is 3.47. The molecule has 2 aromatic rings. The van der Waals surface area contributed by atoms with Gasteiger partial charge >= 0.3 is 0 Å². The van der Waals surface area contributed by atoms with Crippen molar-refractivity contribution in [1.82, 2.24) is 15.3 Å². The monoisotopic (exact) mass is 465 g/mol. The molecule has 132 valence electrons. The molecule has 1 aromatic carbocycles. The number of benzene rings is 1. The number of nitrogens with zero attached hydrogens (tertiary/aromatic N) is 1. The van der Waals surface area contributed by atoms with E-state index in [1.165, 1.54) is 6.92 Å². The first-order valence-corrected chi connectivity index (χ1v) is 8.60. The van der Waals surface area contributed by atoms with Gasteiger partial charge in [-0.3, -0.25) is 4.79 Å². The van der Waals surface area contributed by atoms with Gasteiger partial charge in [-0.1, -0.05) is 0 Å². The predicted molar refractivity (Wildman–Crippen MR) is 93.2 cm³/mol. The number of imidazole rings is 1. The van der Waals surface area contributed by atoms with Crippen LogP contribution in [0, 0.1) is 0 Å². The number of aliphatic hydroxyl groups is 4. The van der Waals surface area contributed by atoms with E-state index in [-0.39, 0.29) is 5.82 Å². The van der Waals surface area contributed by atoms with Crippen LogP contribution in [0.25, 0.3) is 11.0 Å². The molecule has 10 heteroatoms. The number of H-pyrrole nitrogens is 1. The van der Waals surface area contributed by atoms with Crippen molar-refractivity contribution in [3.05, 3.63) is 26.9 Å². The summed E-state index contributed by atoms with van der Waals surface area (Å²) in [7, 11) is 0. The van der Waals surface area contributed by atoms with Crippen LogP contribution in [0.5, 0.6) is 0 Å². The molecule has 1 aromatic heterocycles. The van der Waals surface area contributed by atoms with E-state index >= 15 is 0 Å². The SMILES string of the molecule is CC(=O)N[C@H](c1nc2cc(Br)c(Br)cc2[nH]1)C(O)C(O)C(O)CO. The zero-order valence-electron chi connectivity index (χ0n) is 12.6. The van der Waals surface area contributed by atoms with Crippen LogP contribution < -0.4 is 5.32 Å². The fraction of sp³-hybridized carbons (Fsp3) is 0.429. The highest BCUT2D eigenvalue weighted by atomic mass is 79.9. The summed E-state index contributed by atoms with van der Waals surface area (Å²) < 4.78 is 1.57. The fourth-order valence-corrected chi connectivity index (χ4v) is 2.91. The summed E-state index contributed by atoms with van der Waals surface area (Å²) in [6.45, 7) is 0.523. The number of rotatable bonds is 6. The van der Waals surface area contributed by atoms with Gasteiger partial charge in [-0.05, 0) is 44.0 Å². The van der Waals surface area contributed by atoms with Crippen molar-refractivity contribution in [1.29, 1.82) is 0 Å². The topological polar surface area (TPSA) is 139 Å². The molecule has 0 aliphatic rings. The van der Waals surface area contributed by atoms with Crippen molar-refractivity contribution in [2.75, 3.05) is 6.61 Å². The molecule has 6 N–H and O–H groups in total. The lowest BCUT2D eigenvalue weighted by molar-refractivity contribution is -0.123. The maximum atomic E-state index is 11.4. The third-order valence-corrected chi connectivity index (χ3v) is 5.31. The zero-order valence-corrected chi connectivity index (χ0v) is 15.7. The van der Waals surface area contributed by atoms with E-state index in [2.05, 4.69) is 47.1 Å². The van der Waals surface area contributed by atoms with Gasteiger partial charge in [-0.2, -0.15) is 0 Å². The minimum Gasteiger partial charge on any atom is -0.394 e. The maximum Gasteiger partial charge on any atom is 0.217 e. The van der Waals surface area contributed by atoms with Crippen LogP contribution in [0.3, 0.4) is 0 Å². The molecule has 1 heterocycles. The Morgan fingerprint density at radius 2 is 1.88 bits per heavy atom. The lowest BCUT2D eigenvalue weighted by Gasteiger charge is -2.28. The summed E-state index contributed by atoms with van der Waals surface area (Å²) in [5.41, 5.74) is 1.24. The van der Waals surface area contributed by atoms with E-state index in [4.69, 9.17) is 5.11 Å². The number of fused-ring (bicyclic) bond motifs is 1. The Morgan fingerprint density at radius 1 is 1.25 bits per heavy atom. The highest BCUT2D eigenvalue weighted by molar-refractivity contribution is 9.13. The van der Waals surface area contributed by atoms with Gasteiger partial charge < -0.3 is 30.7 Å². The van der Waals surface area contributed by atoms with Crippen LogP contribution in [0.15, 0.2) is 21.1 Å². The second-order valence-corrected chi connectivity index (χ2v) is 7.02. The number of aromatic amines is 1. The van der Waals surface area contributed by atoms with Crippen molar-refractivity contribution in [3.8, 4) is 0 Å². The molecule has 8 nitrogen and oxygen atoms in total. The lowest BCUT2D eigenvalue weighted by atomic mass is 10.0. The largest absolute Gasteiger partial charge is 0.394 e. The van der Waals surface area contributed by atoms with E-state index in [1.807, 2.05) is 0 Å². The number of amides is 1. The van der Waals surface area contributed by atoms with Gasteiger partial charge in [-0.15, -0.1) is 0 Å². The quantitative estimate of drug-likeness (QED) is 0.363. The standard InChI is InChI=1S/C14H17Br2N3O5/c1-5(21)17-11(13(24)12(23)10(22)4-20)14-18-8-2-6(15)7(16)3-9(8)19-14/h2-3,10-13,20,22-24H,4H2,1H3,(H,17,21)(H,18,19)/t10?,11-,12?,13?/m0/s1. The number of aromatic nitrogens is 2. The predicted octanol–water partition coefficient (Wildman–Crippen LogP) is 0.340. The molecule has 0 bridgehead atoms. The first-order valence-electron chi connectivity index (χ1n) is 7.01. The number of carbonyl (C=O) groups excluding carboxylic acids is 1. The first kappa shape index (κ1) is 19.3. The minimum absolute atomic E-state index is 0.210. The smallest absolute Gasteiger partial charge is 0.217 e. The fourth-order valence-electron chi connectivity index (χ4n) is 2.24. The summed E-state index contributed by atoms with van der Waals surface area (Å²) in [6.07, 6.45) is -4.80. The van der Waals surface area contributed by atoms with E-state index < -0.39 is 36.9 Å². The number of halogens is 2. The highest BCUT2D eigenvalue weighted by Gasteiger charge is 2.34. The van der Waals surface area contributed by atoms with E-state index in [0.29, 0.717) is 11.0 Å². The molecule has 0 fully saturated rings. The normalized spacial score (nSPS) is 16.6. The second-order valence-electron chi connectivity index (χ2n) is 5.31. The molecule has 24 heavy (non-hydrogen) atoms. The highest BCUT2D eigenvalue weighted by Crippen LogP contribution is 2.29. The van der Waals surface area contributed by atoms with Crippen molar-refractivity contribution in [2.45, 2.75) is 31.3 Å². The van der Waals surface area contributed by atoms with E-state index in [1.54, 1.807) is 12.1 Å². The first-order chi connectivity index (χ1) is 11.2.